The number of likely N-dealkylation sites (N-methyl/N-ethyl adjacent to an activating group) is 1. The van der Waals surface area contributed by atoms with Crippen molar-refractivity contribution in [3.63, 3.8) is 0 Å². The molecule has 6 nitrogen and oxygen atoms in total. The lowest BCUT2D eigenvalue weighted by molar-refractivity contribution is 0.0763. The average Bonchev–Trinajstić information content (AvgIpc) is 2.87. The van der Waals surface area contributed by atoms with E-state index in [2.05, 4.69) is 15.0 Å². The number of ether oxygens (including phenoxy) is 1. The first-order chi connectivity index (χ1) is 8.45. The van der Waals surface area contributed by atoms with Gasteiger partial charge in [-0.25, -0.2) is 0 Å². The smallest absolute Gasteiger partial charge is 0.240 e. The third-order valence-electron chi connectivity index (χ3n) is 2.99. The molecule has 19 heavy (non-hydrogen) atoms. The van der Waals surface area contributed by atoms with Gasteiger partial charge in [0.2, 0.25) is 5.89 Å². The van der Waals surface area contributed by atoms with Gasteiger partial charge in [-0.05, 0) is 33.7 Å². The molecule has 110 valence electrons. The van der Waals surface area contributed by atoms with E-state index in [-0.39, 0.29) is 12.4 Å². The fourth-order valence-corrected chi connectivity index (χ4v) is 2.01. The van der Waals surface area contributed by atoms with Crippen molar-refractivity contribution in [2.24, 2.45) is 5.73 Å². The standard InChI is InChI=1S/C12H22N4O2.ClH/c1-12(2,13)11-14-10(18-15-11)8-16(3)7-9-5-4-6-17-9;/h9H,4-8,13H2,1-3H3;1H. The molecule has 2 rings (SSSR count). The van der Waals surface area contributed by atoms with Gasteiger partial charge in [0.05, 0.1) is 18.2 Å². The fourth-order valence-electron chi connectivity index (χ4n) is 2.01. The van der Waals surface area contributed by atoms with E-state index in [1.54, 1.807) is 0 Å². The summed E-state index contributed by atoms with van der Waals surface area (Å²) in [7, 11) is 2.03. The molecule has 0 saturated carbocycles. The van der Waals surface area contributed by atoms with Crippen LogP contribution in [0.5, 0.6) is 0 Å². The predicted molar refractivity (Wildman–Crippen MR) is 74.1 cm³/mol. The van der Waals surface area contributed by atoms with Crippen molar-refractivity contribution in [3.8, 4) is 0 Å². The van der Waals surface area contributed by atoms with Gasteiger partial charge in [-0.1, -0.05) is 5.16 Å². The predicted octanol–water partition coefficient (Wildman–Crippen LogP) is 1.30. The van der Waals surface area contributed by atoms with E-state index in [1.807, 2.05) is 20.9 Å². The summed E-state index contributed by atoms with van der Waals surface area (Å²) in [5, 5.41) is 3.90. The van der Waals surface area contributed by atoms with Crippen molar-refractivity contribution in [2.75, 3.05) is 20.2 Å². The van der Waals surface area contributed by atoms with Gasteiger partial charge in [0.1, 0.15) is 0 Å². The summed E-state index contributed by atoms with van der Waals surface area (Å²) in [6.45, 7) is 6.12. The number of nitrogens with zero attached hydrogens (tertiary/aromatic N) is 3. The molecule has 0 aliphatic carbocycles. The molecule has 1 fully saturated rings. The van der Waals surface area contributed by atoms with Crippen LogP contribution in [0.3, 0.4) is 0 Å². The normalized spacial score (nSPS) is 19.7. The molecule has 2 N–H and O–H groups in total. The zero-order valence-corrected chi connectivity index (χ0v) is 12.6. The summed E-state index contributed by atoms with van der Waals surface area (Å²) >= 11 is 0. The molecule has 1 atom stereocenters. The highest BCUT2D eigenvalue weighted by molar-refractivity contribution is 5.85. The lowest BCUT2D eigenvalue weighted by atomic mass is 10.1. The van der Waals surface area contributed by atoms with Crippen LogP contribution in [0.25, 0.3) is 0 Å². The van der Waals surface area contributed by atoms with E-state index in [0.29, 0.717) is 24.4 Å². The Bertz CT molecular complexity index is 385. The van der Waals surface area contributed by atoms with Gasteiger partial charge in [-0.15, -0.1) is 12.4 Å². The van der Waals surface area contributed by atoms with Crippen molar-refractivity contribution < 1.29 is 9.26 Å². The van der Waals surface area contributed by atoms with E-state index in [1.165, 1.54) is 0 Å². The van der Waals surface area contributed by atoms with Crippen molar-refractivity contribution in [1.82, 2.24) is 15.0 Å². The Kier molecular flexibility index (Phi) is 5.73. The second-order valence-corrected chi connectivity index (χ2v) is 5.57. The maximum absolute atomic E-state index is 5.91. The van der Waals surface area contributed by atoms with Crippen molar-refractivity contribution in [1.29, 1.82) is 0 Å². The van der Waals surface area contributed by atoms with Crippen LogP contribution in [0.1, 0.15) is 38.4 Å². The number of rotatable bonds is 5. The first-order valence-electron chi connectivity index (χ1n) is 6.37. The zero-order valence-electron chi connectivity index (χ0n) is 11.8. The summed E-state index contributed by atoms with van der Waals surface area (Å²) < 4.78 is 10.8. The third-order valence-corrected chi connectivity index (χ3v) is 2.99. The second-order valence-electron chi connectivity index (χ2n) is 5.57. The molecule has 1 aliphatic rings. The minimum Gasteiger partial charge on any atom is -0.377 e. The number of hydrogen-bond acceptors (Lipinski definition) is 6. The molecule has 1 aliphatic heterocycles. The van der Waals surface area contributed by atoms with E-state index in [0.717, 1.165) is 26.0 Å². The molecular formula is C12H23ClN4O2. The summed E-state index contributed by atoms with van der Waals surface area (Å²) in [5.41, 5.74) is 5.35. The Balaban J connectivity index is 0.00000180. The van der Waals surface area contributed by atoms with Gasteiger partial charge in [0.25, 0.3) is 0 Å². The van der Waals surface area contributed by atoms with Gasteiger partial charge in [-0.2, -0.15) is 4.98 Å². The van der Waals surface area contributed by atoms with Crippen LogP contribution in [0.2, 0.25) is 0 Å². The number of aromatic nitrogens is 2. The maximum atomic E-state index is 5.91. The van der Waals surface area contributed by atoms with Gasteiger partial charge in [0.15, 0.2) is 5.82 Å². The maximum Gasteiger partial charge on any atom is 0.240 e. The fraction of sp³-hybridized carbons (Fsp3) is 0.833. The summed E-state index contributed by atoms with van der Waals surface area (Å²) in [4.78, 5) is 6.45. The molecule has 1 unspecified atom stereocenters. The molecule has 1 aromatic heterocycles. The van der Waals surface area contributed by atoms with Gasteiger partial charge >= 0.3 is 0 Å². The lowest BCUT2D eigenvalue weighted by Crippen LogP contribution is -2.30. The van der Waals surface area contributed by atoms with Gasteiger partial charge in [0, 0.05) is 13.2 Å². The van der Waals surface area contributed by atoms with Crippen molar-refractivity contribution in [2.45, 2.75) is 44.9 Å². The van der Waals surface area contributed by atoms with Gasteiger partial charge in [-0.3, -0.25) is 4.90 Å². The Morgan fingerprint density at radius 2 is 2.21 bits per heavy atom. The summed E-state index contributed by atoms with van der Waals surface area (Å²) in [5.74, 6) is 1.15. The molecule has 0 amide bonds. The highest BCUT2D eigenvalue weighted by Gasteiger charge is 2.23. The lowest BCUT2D eigenvalue weighted by Gasteiger charge is -2.18. The minimum atomic E-state index is -0.561. The largest absolute Gasteiger partial charge is 0.377 e. The van der Waals surface area contributed by atoms with Crippen LogP contribution in [0.15, 0.2) is 4.52 Å². The van der Waals surface area contributed by atoms with Crippen LogP contribution < -0.4 is 5.73 Å². The summed E-state index contributed by atoms with van der Waals surface area (Å²) in [6, 6.07) is 0. The molecule has 0 aromatic carbocycles. The van der Waals surface area contributed by atoms with Crippen LogP contribution in [-0.4, -0.2) is 41.3 Å². The molecular weight excluding hydrogens is 268 g/mol. The van der Waals surface area contributed by atoms with E-state index in [9.17, 15) is 0 Å². The average molecular weight is 291 g/mol. The van der Waals surface area contributed by atoms with Crippen molar-refractivity contribution >= 4 is 12.4 Å². The topological polar surface area (TPSA) is 77.4 Å². The molecule has 0 spiro atoms. The van der Waals surface area contributed by atoms with Gasteiger partial charge < -0.3 is 15.0 Å². The van der Waals surface area contributed by atoms with Crippen LogP contribution in [-0.2, 0) is 16.8 Å². The van der Waals surface area contributed by atoms with E-state index < -0.39 is 5.54 Å². The molecule has 1 aromatic rings. The first kappa shape index (κ1) is 16.4. The molecule has 2 heterocycles. The first-order valence-corrected chi connectivity index (χ1v) is 6.37. The molecule has 0 bridgehead atoms. The highest BCUT2D eigenvalue weighted by atomic mass is 35.5. The summed E-state index contributed by atoms with van der Waals surface area (Å²) in [6.07, 6.45) is 2.63. The Labute approximate surface area is 120 Å². The zero-order chi connectivity index (χ0) is 13.2. The van der Waals surface area contributed by atoms with Crippen LogP contribution in [0.4, 0.5) is 0 Å². The number of halogens is 1. The monoisotopic (exact) mass is 290 g/mol. The minimum absolute atomic E-state index is 0. The highest BCUT2D eigenvalue weighted by Crippen LogP contribution is 2.15. The third kappa shape index (κ3) is 4.72. The molecule has 7 heteroatoms. The Morgan fingerprint density at radius 1 is 1.47 bits per heavy atom. The van der Waals surface area contributed by atoms with E-state index in [4.69, 9.17) is 15.0 Å². The quantitative estimate of drug-likeness (QED) is 0.881. The Hall–Kier alpha value is -0.690. The van der Waals surface area contributed by atoms with Crippen molar-refractivity contribution in [3.05, 3.63) is 11.7 Å². The number of nitrogens with two attached hydrogens (primary N) is 1. The van der Waals surface area contributed by atoms with Crippen LogP contribution in [0, 0.1) is 0 Å². The second kappa shape index (κ2) is 6.65. The van der Waals surface area contributed by atoms with Crippen LogP contribution >= 0.6 is 12.4 Å². The van der Waals surface area contributed by atoms with E-state index >= 15 is 0 Å². The molecule has 0 radical (unpaired) electrons. The number of hydrogen-bond donors (Lipinski definition) is 1. The Morgan fingerprint density at radius 3 is 2.74 bits per heavy atom. The SMILES string of the molecule is CN(Cc1nc(C(C)(C)N)no1)CC1CCCO1.Cl. The molecule has 1 saturated heterocycles.